The minimum atomic E-state index is -0.491. The summed E-state index contributed by atoms with van der Waals surface area (Å²) in [7, 11) is 2.00. The summed E-state index contributed by atoms with van der Waals surface area (Å²) < 4.78 is 15.2. The van der Waals surface area contributed by atoms with Crippen LogP contribution in [0.3, 0.4) is 0 Å². The van der Waals surface area contributed by atoms with Crippen LogP contribution in [-0.2, 0) is 29.7 Å². The molecule has 192 valence electrons. The number of aryl methyl sites for hydroxylation is 1. The molecule has 4 unspecified atom stereocenters. The summed E-state index contributed by atoms with van der Waals surface area (Å²) in [4.78, 5) is 4.46. The van der Waals surface area contributed by atoms with Gasteiger partial charge in [0.15, 0.2) is 11.4 Å². The van der Waals surface area contributed by atoms with Gasteiger partial charge in [-0.3, -0.25) is 0 Å². The molecule has 2 heterocycles. The third kappa shape index (κ3) is 5.81. The number of imidazole rings is 1. The normalized spacial score (nSPS) is 21.7. The van der Waals surface area contributed by atoms with E-state index in [4.69, 9.17) is 15.2 Å². The van der Waals surface area contributed by atoms with E-state index >= 15 is 0 Å². The van der Waals surface area contributed by atoms with Crippen LogP contribution < -0.4 is 5.73 Å². The third-order valence-corrected chi connectivity index (χ3v) is 8.10. The molecule has 1 aromatic heterocycles. The number of aliphatic hydroxyl groups is 1. The van der Waals surface area contributed by atoms with E-state index in [0.717, 1.165) is 44.3 Å². The first-order valence-corrected chi connectivity index (χ1v) is 13.5. The summed E-state index contributed by atoms with van der Waals surface area (Å²) in [6.45, 7) is 2.72. The Morgan fingerprint density at radius 1 is 0.946 bits per heavy atom. The summed E-state index contributed by atoms with van der Waals surface area (Å²) in [6.07, 6.45) is 3.10. The topological polar surface area (TPSA) is 82.5 Å². The highest BCUT2D eigenvalue weighted by molar-refractivity contribution is 7.99. The fourth-order valence-electron chi connectivity index (χ4n) is 4.67. The van der Waals surface area contributed by atoms with Crippen LogP contribution in [0.2, 0.25) is 0 Å². The quantitative estimate of drug-likeness (QED) is 0.296. The zero-order chi connectivity index (χ0) is 25.8. The summed E-state index contributed by atoms with van der Waals surface area (Å²) in [5.74, 6) is 0.892. The molecule has 1 fully saturated rings. The Balaban J connectivity index is 1.40. The van der Waals surface area contributed by atoms with Crippen molar-refractivity contribution in [1.29, 1.82) is 0 Å². The van der Waals surface area contributed by atoms with E-state index in [1.807, 2.05) is 60.4 Å². The van der Waals surface area contributed by atoms with Crippen molar-refractivity contribution in [2.45, 2.75) is 43.7 Å². The number of nitrogens with zero attached hydrogens (tertiary/aromatic N) is 2. The molecular weight excluding hydrogens is 482 g/mol. The first-order chi connectivity index (χ1) is 18.1. The highest BCUT2D eigenvalue weighted by atomic mass is 32.2. The monoisotopic (exact) mass is 515 g/mol. The molecule has 0 bridgehead atoms. The van der Waals surface area contributed by atoms with Gasteiger partial charge in [0.25, 0.3) is 0 Å². The van der Waals surface area contributed by atoms with Crippen molar-refractivity contribution in [3.8, 4) is 11.1 Å². The van der Waals surface area contributed by atoms with E-state index in [2.05, 4.69) is 48.3 Å². The molecule has 0 amide bonds. The summed E-state index contributed by atoms with van der Waals surface area (Å²) >= 11 is 1.70. The Bertz CT molecular complexity index is 1310. The van der Waals surface area contributed by atoms with E-state index in [9.17, 15) is 5.11 Å². The van der Waals surface area contributed by atoms with Crippen molar-refractivity contribution in [1.82, 2.24) is 9.55 Å². The van der Waals surface area contributed by atoms with E-state index in [0.29, 0.717) is 6.54 Å². The maximum absolute atomic E-state index is 9.47. The fraction of sp³-hybridized carbons (Fsp3) is 0.300. The smallest absolute Gasteiger partial charge is 0.184 e. The van der Waals surface area contributed by atoms with Crippen LogP contribution in [-0.4, -0.2) is 26.5 Å². The molecule has 0 aliphatic carbocycles. The number of aromatic nitrogens is 2. The minimum absolute atomic E-state index is 0.0244. The SMILES string of the molecule is CC1C(CSc2nccn2C)OC(c2ccc(-c3cccc(CN)c3)cc2)OC1c1ccc(CO)cc1. The van der Waals surface area contributed by atoms with Gasteiger partial charge in [0.2, 0.25) is 0 Å². The van der Waals surface area contributed by atoms with Gasteiger partial charge in [0.05, 0.1) is 18.8 Å². The van der Waals surface area contributed by atoms with E-state index < -0.39 is 6.29 Å². The molecule has 7 heteroatoms. The molecule has 1 saturated heterocycles. The molecule has 0 spiro atoms. The lowest BCUT2D eigenvalue weighted by atomic mass is 9.91. The van der Waals surface area contributed by atoms with Gasteiger partial charge < -0.3 is 24.9 Å². The van der Waals surface area contributed by atoms with Gasteiger partial charge in [0.1, 0.15) is 0 Å². The number of aliphatic hydroxyl groups excluding tert-OH is 1. The molecule has 37 heavy (non-hydrogen) atoms. The maximum atomic E-state index is 9.47. The second kappa shape index (κ2) is 11.6. The summed E-state index contributed by atoms with van der Waals surface area (Å²) in [5.41, 5.74) is 12.2. The Morgan fingerprint density at radius 2 is 1.70 bits per heavy atom. The van der Waals surface area contributed by atoms with Crippen molar-refractivity contribution in [3.05, 3.63) is 107 Å². The average molecular weight is 516 g/mol. The van der Waals surface area contributed by atoms with E-state index in [1.54, 1.807) is 11.8 Å². The third-order valence-electron chi connectivity index (χ3n) is 6.96. The number of rotatable bonds is 8. The molecular formula is C30H33N3O3S. The molecule has 5 rings (SSSR count). The van der Waals surface area contributed by atoms with Crippen molar-refractivity contribution < 1.29 is 14.6 Å². The van der Waals surface area contributed by atoms with Crippen molar-refractivity contribution in [2.75, 3.05) is 5.75 Å². The number of benzene rings is 3. The van der Waals surface area contributed by atoms with Crippen LogP contribution >= 0.6 is 11.8 Å². The predicted molar refractivity (Wildman–Crippen MR) is 147 cm³/mol. The largest absolute Gasteiger partial charge is 0.392 e. The van der Waals surface area contributed by atoms with Crippen LogP contribution in [0.4, 0.5) is 0 Å². The van der Waals surface area contributed by atoms with Crippen LogP contribution in [0, 0.1) is 5.92 Å². The molecule has 4 atom stereocenters. The minimum Gasteiger partial charge on any atom is -0.392 e. The number of thioether (sulfide) groups is 1. The molecule has 1 aliphatic heterocycles. The van der Waals surface area contributed by atoms with Gasteiger partial charge >= 0.3 is 0 Å². The van der Waals surface area contributed by atoms with Gasteiger partial charge in [-0.2, -0.15) is 0 Å². The molecule has 0 saturated carbocycles. The van der Waals surface area contributed by atoms with E-state index in [-0.39, 0.29) is 24.7 Å². The zero-order valence-corrected chi connectivity index (χ0v) is 22.0. The zero-order valence-electron chi connectivity index (χ0n) is 21.2. The average Bonchev–Trinajstić information content (AvgIpc) is 3.37. The molecule has 3 N–H and O–H groups in total. The van der Waals surface area contributed by atoms with Gasteiger partial charge in [-0.15, -0.1) is 0 Å². The predicted octanol–water partition coefficient (Wildman–Crippen LogP) is 5.62. The summed E-state index contributed by atoms with van der Waals surface area (Å²) in [5, 5.41) is 10.4. The molecule has 0 radical (unpaired) electrons. The van der Waals surface area contributed by atoms with Gasteiger partial charge in [-0.25, -0.2) is 4.98 Å². The lowest BCUT2D eigenvalue weighted by Crippen LogP contribution is -2.38. The Hall–Kier alpha value is -2.94. The van der Waals surface area contributed by atoms with Gasteiger partial charge in [-0.05, 0) is 33.9 Å². The fourth-order valence-corrected chi connectivity index (χ4v) is 5.76. The van der Waals surface area contributed by atoms with E-state index in [1.165, 1.54) is 0 Å². The van der Waals surface area contributed by atoms with Crippen molar-refractivity contribution in [2.24, 2.45) is 18.7 Å². The number of nitrogens with two attached hydrogens (primary N) is 1. The van der Waals surface area contributed by atoms with Crippen molar-refractivity contribution >= 4 is 11.8 Å². The van der Waals surface area contributed by atoms with Gasteiger partial charge in [0, 0.05) is 43.2 Å². The first kappa shape index (κ1) is 25.7. The van der Waals surface area contributed by atoms with Crippen molar-refractivity contribution in [3.63, 3.8) is 0 Å². The number of hydrogen-bond donors (Lipinski definition) is 2. The van der Waals surface area contributed by atoms with Crippen LogP contribution in [0.25, 0.3) is 11.1 Å². The molecule has 1 aliphatic rings. The molecule has 4 aromatic rings. The van der Waals surface area contributed by atoms with Crippen LogP contribution in [0.5, 0.6) is 0 Å². The highest BCUT2D eigenvalue weighted by Gasteiger charge is 2.38. The summed E-state index contributed by atoms with van der Waals surface area (Å²) in [6, 6.07) is 24.7. The first-order valence-electron chi connectivity index (χ1n) is 12.6. The Kier molecular flexibility index (Phi) is 8.08. The Labute approximate surface area is 222 Å². The highest BCUT2D eigenvalue weighted by Crippen LogP contribution is 2.43. The Morgan fingerprint density at radius 3 is 2.38 bits per heavy atom. The van der Waals surface area contributed by atoms with Crippen LogP contribution in [0.1, 0.15) is 41.6 Å². The number of ether oxygens (including phenoxy) is 2. The lowest BCUT2D eigenvalue weighted by Gasteiger charge is -2.41. The molecule has 6 nitrogen and oxygen atoms in total. The van der Waals surface area contributed by atoms with Gasteiger partial charge in [-0.1, -0.05) is 85.4 Å². The second-order valence-corrected chi connectivity index (χ2v) is 10.5. The second-order valence-electron chi connectivity index (χ2n) is 9.48. The molecule has 3 aromatic carbocycles. The maximum Gasteiger partial charge on any atom is 0.184 e. The lowest BCUT2D eigenvalue weighted by molar-refractivity contribution is -0.268. The number of hydrogen-bond acceptors (Lipinski definition) is 6. The van der Waals surface area contributed by atoms with Crippen LogP contribution in [0.15, 0.2) is 90.3 Å². The standard InChI is InChI=1S/C30H33N3O3S/c1-20-27(19-37-30-32-14-15-33(30)2)35-29(36-28(20)24-8-6-21(18-34)7-9-24)25-12-10-23(11-13-25)26-5-3-4-22(16-26)17-31/h3-16,20,27-29,34H,17-19,31H2,1-2H3.